The first-order valence-corrected chi connectivity index (χ1v) is 10.5. The Morgan fingerprint density at radius 3 is 2.19 bits per heavy atom. The van der Waals surface area contributed by atoms with E-state index < -0.39 is 17.7 Å². The minimum atomic E-state index is -1.32. The number of morpholine rings is 1. The molecule has 2 aromatic carbocycles. The third-order valence-corrected chi connectivity index (χ3v) is 5.10. The lowest BCUT2D eigenvalue weighted by Crippen LogP contribution is -2.46. The van der Waals surface area contributed by atoms with E-state index in [-0.39, 0.29) is 5.57 Å². The molecule has 0 radical (unpaired) electrons. The second-order valence-corrected chi connectivity index (χ2v) is 7.99. The van der Waals surface area contributed by atoms with Crippen molar-refractivity contribution in [3.8, 4) is 11.5 Å². The zero-order valence-electron chi connectivity index (χ0n) is 18.3. The zero-order valence-corrected chi connectivity index (χ0v) is 18.3. The Morgan fingerprint density at radius 1 is 0.938 bits per heavy atom. The van der Waals surface area contributed by atoms with Crippen LogP contribution in [0.15, 0.2) is 59.9 Å². The van der Waals surface area contributed by atoms with E-state index >= 15 is 0 Å². The van der Waals surface area contributed by atoms with Crippen LogP contribution in [0.4, 0.5) is 5.69 Å². The van der Waals surface area contributed by atoms with Gasteiger partial charge in [-0.1, -0.05) is 30.3 Å². The van der Waals surface area contributed by atoms with Gasteiger partial charge >= 0.3 is 11.9 Å². The van der Waals surface area contributed by atoms with Crippen LogP contribution in [-0.4, -0.2) is 48.9 Å². The van der Waals surface area contributed by atoms with Gasteiger partial charge < -0.3 is 29.2 Å². The first kappa shape index (κ1) is 21.7. The molecule has 2 heterocycles. The number of carbonyl (C=O) groups excluding carboxylic acids is 2. The Bertz CT molecular complexity index is 1030. The van der Waals surface area contributed by atoms with Gasteiger partial charge in [0.1, 0.15) is 11.6 Å². The number of esters is 2. The number of rotatable bonds is 5. The van der Waals surface area contributed by atoms with Crippen LogP contribution < -0.4 is 10.1 Å². The van der Waals surface area contributed by atoms with Gasteiger partial charge in [-0.2, -0.15) is 0 Å². The second kappa shape index (κ2) is 8.92. The van der Waals surface area contributed by atoms with Crippen molar-refractivity contribution in [2.75, 3.05) is 31.6 Å². The second-order valence-electron chi connectivity index (χ2n) is 7.99. The first-order valence-electron chi connectivity index (χ1n) is 10.5. The van der Waals surface area contributed by atoms with Gasteiger partial charge in [0.25, 0.3) is 5.79 Å². The van der Waals surface area contributed by atoms with Crippen molar-refractivity contribution in [1.82, 2.24) is 4.90 Å². The van der Waals surface area contributed by atoms with Crippen LogP contribution in [0.25, 0.3) is 0 Å². The highest BCUT2D eigenvalue weighted by Crippen LogP contribution is 2.34. The molecule has 0 saturated carbocycles. The van der Waals surface area contributed by atoms with Crippen molar-refractivity contribution in [2.24, 2.45) is 0 Å². The van der Waals surface area contributed by atoms with E-state index in [2.05, 4.69) is 5.32 Å². The van der Waals surface area contributed by atoms with Crippen molar-refractivity contribution in [3.05, 3.63) is 65.5 Å². The number of anilines is 1. The van der Waals surface area contributed by atoms with Crippen LogP contribution in [0, 0.1) is 6.92 Å². The topological polar surface area (TPSA) is 86.3 Å². The number of hydrogen-bond donors (Lipinski definition) is 1. The lowest BCUT2D eigenvalue weighted by Gasteiger charge is -2.35. The molecule has 2 aliphatic rings. The summed E-state index contributed by atoms with van der Waals surface area (Å²) in [4.78, 5) is 27.5. The third kappa shape index (κ3) is 4.70. The number of para-hydroxylation sites is 3. The van der Waals surface area contributed by atoms with E-state index in [9.17, 15) is 9.59 Å². The molecule has 1 N–H and O–H groups in total. The zero-order chi connectivity index (χ0) is 22.7. The van der Waals surface area contributed by atoms with Gasteiger partial charge in [0.05, 0.1) is 18.9 Å². The molecular weight excluding hydrogens is 412 g/mol. The summed E-state index contributed by atoms with van der Waals surface area (Å²) in [6, 6.07) is 15.0. The Kier molecular flexibility index (Phi) is 6.05. The summed E-state index contributed by atoms with van der Waals surface area (Å²) in [5.74, 6) is -1.24. The molecule has 0 bridgehead atoms. The number of nitrogens with zero attached hydrogens (tertiary/aromatic N) is 1. The van der Waals surface area contributed by atoms with Crippen LogP contribution >= 0.6 is 0 Å². The molecule has 0 atom stereocenters. The Labute approximate surface area is 186 Å². The summed E-state index contributed by atoms with van der Waals surface area (Å²) in [6.45, 7) is 6.93. The molecule has 0 aliphatic carbocycles. The van der Waals surface area contributed by atoms with E-state index in [0.29, 0.717) is 49.3 Å². The minimum absolute atomic E-state index is 0.183. The van der Waals surface area contributed by atoms with E-state index in [4.69, 9.17) is 18.9 Å². The Hall–Kier alpha value is -3.52. The number of benzene rings is 2. The lowest BCUT2D eigenvalue weighted by atomic mass is 10.2. The van der Waals surface area contributed by atoms with Crippen molar-refractivity contribution >= 4 is 17.6 Å². The number of ether oxygens (including phenoxy) is 4. The number of hydrogen-bond acceptors (Lipinski definition) is 8. The van der Waals surface area contributed by atoms with E-state index in [1.54, 1.807) is 0 Å². The number of carbonyl (C=O) groups is 2. The fourth-order valence-corrected chi connectivity index (χ4v) is 3.51. The van der Waals surface area contributed by atoms with Gasteiger partial charge in [0.15, 0.2) is 11.3 Å². The van der Waals surface area contributed by atoms with Gasteiger partial charge in [0, 0.05) is 26.9 Å². The van der Waals surface area contributed by atoms with E-state index in [1.165, 1.54) is 13.8 Å². The highest BCUT2D eigenvalue weighted by Gasteiger charge is 2.42. The fraction of sp³-hybridized carbons (Fsp3) is 0.333. The molecule has 32 heavy (non-hydrogen) atoms. The van der Waals surface area contributed by atoms with E-state index in [1.807, 2.05) is 60.4 Å². The number of aryl methyl sites for hydroxylation is 1. The molecule has 4 rings (SSSR count). The van der Waals surface area contributed by atoms with Crippen LogP contribution in [0.5, 0.6) is 11.5 Å². The van der Waals surface area contributed by atoms with Gasteiger partial charge in [-0.3, -0.25) is 0 Å². The number of cyclic esters (lactones) is 2. The maximum atomic E-state index is 12.8. The van der Waals surface area contributed by atoms with Gasteiger partial charge in [-0.15, -0.1) is 0 Å². The summed E-state index contributed by atoms with van der Waals surface area (Å²) in [7, 11) is 0. The van der Waals surface area contributed by atoms with Crippen molar-refractivity contribution in [1.29, 1.82) is 0 Å². The van der Waals surface area contributed by atoms with Gasteiger partial charge in [-0.05, 0) is 30.7 Å². The van der Waals surface area contributed by atoms with Crippen LogP contribution in [0.1, 0.15) is 19.4 Å². The van der Waals surface area contributed by atoms with Crippen LogP contribution in [0.3, 0.4) is 0 Å². The number of nitrogens with one attached hydrogen (secondary N) is 1. The highest BCUT2D eigenvalue weighted by atomic mass is 16.7. The van der Waals surface area contributed by atoms with Gasteiger partial charge in [0.2, 0.25) is 0 Å². The summed E-state index contributed by atoms with van der Waals surface area (Å²) in [5.41, 5.74) is 1.39. The molecule has 2 saturated heterocycles. The average Bonchev–Trinajstić information content (AvgIpc) is 2.75. The maximum absolute atomic E-state index is 12.8. The van der Waals surface area contributed by atoms with Crippen LogP contribution in [-0.2, 0) is 23.8 Å². The van der Waals surface area contributed by atoms with Crippen LogP contribution in [0.2, 0.25) is 0 Å². The smallest absolute Gasteiger partial charge is 0.352 e. The Morgan fingerprint density at radius 2 is 1.53 bits per heavy atom. The summed E-state index contributed by atoms with van der Waals surface area (Å²) in [6.07, 6.45) is 0. The largest absolute Gasteiger partial charge is 0.455 e. The monoisotopic (exact) mass is 438 g/mol. The lowest BCUT2D eigenvalue weighted by molar-refractivity contribution is -0.222. The molecule has 0 spiro atoms. The summed E-state index contributed by atoms with van der Waals surface area (Å²) in [5, 5.41) is 3.24. The molecule has 8 heteroatoms. The van der Waals surface area contributed by atoms with Crippen molar-refractivity contribution < 1.29 is 28.5 Å². The SMILES string of the molecule is Cc1ccccc1Oc1ccccc1NC(=C1C(=O)OC(C)(C)OC1=O)N1CCOCC1. The standard InChI is InChI=1S/C24H26N2O6/c1-16-8-4-6-10-18(16)30-19-11-7-5-9-17(19)25-21(26-12-14-29-15-13-26)20-22(27)31-24(2,3)32-23(20)28/h4-11,25H,12-15H2,1-3H3. The molecular formula is C24H26N2O6. The third-order valence-electron chi connectivity index (χ3n) is 5.10. The quantitative estimate of drug-likeness (QED) is 0.431. The minimum Gasteiger partial charge on any atom is -0.455 e. The fourth-order valence-electron chi connectivity index (χ4n) is 3.51. The average molecular weight is 438 g/mol. The molecule has 8 nitrogen and oxygen atoms in total. The van der Waals surface area contributed by atoms with E-state index in [0.717, 1.165) is 5.56 Å². The van der Waals surface area contributed by atoms with Gasteiger partial charge in [-0.25, -0.2) is 9.59 Å². The predicted molar refractivity (Wildman–Crippen MR) is 117 cm³/mol. The molecule has 2 aliphatic heterocycles. The van der Waals surface area contributed by atoms with Crippen molar-refractivity contribution in [2.45, 2.75) is 26.6 Å². The maximum Gasteiger partial charge on any atom is 0.352 e. The molecule has 2 aromatic rings. The summed E-state index contributed by atoms with van der Waals surface area (Å²) >= 11 is 0. The predicted octanol–water partition coefficient (Wildman–Crippen LogP) is 3.58. The summed E-state index contributed by atoms with van der Waals surface area (Å²) < 4.78 is 22.3. The first-order chi connectivity index (χ1) is 15.3. The molecule has 0 amide bonds. The molecule has 2 fully saturated rings. The normalized spacial score (nSPS) is 18.0. The molecule has 0 aromatic heterocycles. The molecule has 0 unspecified atom stereocenters. The molecule has 168 valence electrons. The Balaban J connectivity index is 1.72. The highest BCUT2D eigenvalue weighted by molar-refractivity contribution is 6.16. The van der Waals surface area contributed by atoms with Crippen molar-refractivity contribution in [3.63, 3.8) is 0 Å².